The van der Waals surface area contributed by atoms with E-state index in [0.717, 1.165) is 24.8 Å². The van der Waals surface area contributed by atoms with Crippen LogP contribution < -0.4 is 0 Å². The van der Waals surface area contributed by atoms with Gasteiger partial charge in [-0.3, -0.25) is 0 Å². The van der Waals surface area contributed by atoms with E-state index in [0.29, 0.717) is 13.2 Å². The van der Waals surface area contributed by atoms with Crippen LogP contribution >= 0.6 is 15.9 Å². The third kappa shape index (κ3) is 6.95. The molecule has 0 aromatic heterocycles. The molecule has 0 aromatic carbocycles. The van der Waals surface area contributed by atoms with E-state index in [1.165, 1.54) is 12.0 Å². The molecule has 0 spiro atoms. The van der Waals surface area contributed by atoms with E-state index in [1.807, 2.05) is 0 Å². The lowest BCUT2D eigenvalue weighted by molar-refractivity contribution is -0.155. The SMILES string of the molecule is CC(C)(C)[Si](C)(C)OC/C(=C\COC1CCCCO1)CBr. The minimum absolute atomic E-state index is 0.0205. The van der Waals surface area contributed by atoms with Crippen LogP contribution in [0.2, 0.25) is 18.1 Å². The van der Waals surface area contributed by atoms with Crippen molar-refractivity contribution >= 4 is 24.2 Å². The van der Waals surface area contributed by atoms with E-state index in [1.54, 1.807) is 0 Å². The molecule has 1 rings (SSSR count). The first kappa shape index (κ1) is 19.4. The zero-order valence-corrected chi connectivity index (χ0v) is 16.8. The van der Waals surface area contributed by atoms with Crippen molar-refractivity contribution in [2.24, 2.45) is 0 Å². The first-order valence-corrected chi connectivity index (χ1v) is 11.9. The van der Waals surface area contributed by atoms with Crippen LogP contribution in [-0.4, -0.2) is 39.8 Å². The van der Waals surface area contributed by atoms with Crippen LogP contribution in [0.5, 0.6) is 0 Å². The van der Waals surface area contributed by atoms with Gasteiger partial charge < -0.3 is 13.9 Å². The highest BCUT2D eigenvalue weighted by Gasteiger charge is 2.37. The zero-order valence-electron chi connectivity index (χ0n) is 14.2. The van der Waals surface area contributed by atoms with Crippen LogP contribution in [0.3, 0.4) is 0 Å². The molecule has 1 fully saturated rings. The van der Waals surface area contributed by atoms with Crippen molar-refractivity contribution in [1.29, 1.82) is 0 Å². The van der Waals surface area contributed by atoms with Crippen molar-refractivity contribution in [3.8, 4) is 0 Å². The number of hydrogen-bond donors (Lipinski definition) is 0. The maximum atomic E-state index is 6.24. The van der Waals surface area contributed by atoms with Gasteiger partial charge in [0.05, 0.1) is 13.2 Å². The third-order valence-electron chi connectivity index (χ3n) is 4.39. The summed E-state index contributed by atoms with van der Waals surface area (Å²) in [6.07, 6.45) is 5.47. The highest BCUT2D eigenvalue weighted by molar-refractivity contribution is 9.09. The van der Waals surface area contributed by atoms with Crippen LogP contribution in [0, 0.1) is 0 Å². The smallest absolute Gasteiger partial charge is 0.192 e. The molecule has 1 heterocycles. The number of alkyl halides is 1. The van der Waals surface area contributed by atoms with Crippen molar-refractivity contribution in [2.45, 2.75) is 64.5 Å². The molecule has 0 bridgehead atoms. The fourth-order valence-corrected chi connectivity index (χ4v) is 3.13. The Morgan fingerprint density at radius 3 is 2.57 bits per heavy atom. The highest BCUT2D eigenvalue weighted by atomic mass is 79.9. The number of ether oxygens (including phenoxy) is 2. The van der Waals surface area contributed by atoms with Gasteiger partial charge in [-0.05, 0) is 43.0 Å². The Balaban J connectivity index is 2.37. The summed E-state index contributed by atoms with van der Waals surface area (Å²) in [7, 11) is -1.68. The van der Waals surface area contributed by atoms with Gasteiger partial charge in [-0.15, -0.1) is 0 Å². The molecule has 0 aromatic rings. The second kappa shape index (κ2) is 8.82. The maximum Gasteiger partial charge on any atom is 0.192 e. The van der Waals surface area contributed by atoms with E-state index in [-0.39, 0.29) is 11.3 Å². The normalized spacial score (nSPS) is 21.6. The molecule has 0 radical (unpaired) electrons. The molecular weight excluding hydrogens is 348 g/mol. The molecule has 21 heavy (non-hydrogen) atoms. The third-order valence-corrected chi connectivity index (χ3v) is 9.59. The average Bonchev–Trinajstić information content (AvgIpc) is 2.42. The van der Waals surface area contributed by atoms with Crippen LogP contribution in [0.1, 0.15) is 40.0 Å². The van der Waals surface area contributed by atoms with Gasteiger partial charge in [-0.2, -0.15) is 0 Å². The van der Waals surface area contributed by atoms with Crippen LogP contribution in [0.25, 0.3) is 0 Å². The van der Waals surface area contributed by atoms with Crippen molar-refractivity contribution in [1.82, 2.24) is 0 Å². The minimum Gasteiger partial charge on any atom is -0.413 e. The quantitative estimate of drug-likeness (QED) is 0.359. The summed E-state index contributed by atoms with van der Waals surface area (Å²) < 4.78 is 17.6. The van der Waals surface area contributed by atoms with Gasteiger partial charge in [0, 0.05) is 11.9 Å². The number of rotatable bonds is 7. The van der Waals surface area contributed by atoms with E-state index in [9.17, 15) is 0 Å². The summed E-state index contributed by atoms with van der Waals surface area (Å²) in [4.78, 5) is 0. The Morgan fingerprint density at radius 1 is 1.33 bits per heavy atom. The Hall–Kier alpha value is 0.317. The van der Waals surface area contributed by atoms with Crippen molar-refractivity contribution < 1.29 is 13.9 Å². The lowest BCUT2D eigenvalue weighted by Crippen LogP contribution is -2.41. The van der Waals surface area contributed by atoms with Gasteiger partial charge in [0.25, 0.3) is 0 Å². The molecule has 0 N–H and O–H groups in total. The van der Waals surface area contributed by atoms with Crippen LogP contribution in [0.15, 0.2) is 11.6 Å². The molecule has 1 atom stereocenters. The van der Waals surface area contributed by atoms with Crippen molar-refractivity contribution in [3.63, 3.8) is 0 Å². The molecule has 0 saturated carbocycles. The summed E-state index contributed by atoms with van der Waals surface area (Å²) >= 11 is 3.54. The fraction of sp³-hybridized carbons (Fsp3) is 0.875. The van der Waals surface area contributed by atoms with Crippen molar-refractivity contribution in [2.75, 3.05) is 25.2 Å². The molecule has 1 unspecified atom stereocenters. The molecule has 3 nitrogen and oxygen atoms in total. The van der Waals surface area contributed by atoms with Gasteiger partial charge in [-0.1, -0.05) is 42.8 Å². The second-order valence-corrected chi connectivity index (χ2v) is 12.5. The van der Waals surface area contributed by atoms with Gasteiger partial charge in [0.15, 0.2) is 14.6 Å². The fourth-order valence-electron chi connectivity index (χ4n) is 1.76. The molecular formula is C16H31BrO3Si. The Kier molecular flexibility index (Phi) is 8.13. The Morgan fingerprint density at radius 2 is 2.05 bits per heavy atom. The number of halogens is 1. The molecule has 1 aliphatic rings. The minimum atomic E-state index is -1.68. The molecule has 1 aliphatic heterocycles. The molecule has 0 amide bonds. The van der Waals surface area contributed by atoms with E-state index < -0.39 is 8.32 Å². The Bertz CT molecular complexity index is 331. The standard InChI is InChI=1S/C16H31BrO3Si/c1-16(2,3)21(4,5)20-13-14(12-17)9-11-19-15-8-6-7-10-18-15/h9,15H,6-8,10-13H2,1-5H3/b14-9-. The summed E-state index contributed by atoms with van der Waals surface area (Å²) in [5.74, 6) is 0. The molecule has 1 saturated heterocycles. The lowest BCUT2D eigenvalue weighted by Gasteiger charge is -2.36. The van der Waals surface area contributed by atoms with E-state index in [2.05, 4.69) is 55.9 Å². The predicted octanol–water partition coefficient (Wildman–Crippen LogP) is 4.87. The highest BCUT2D eigenvalue weighted by Crippen LogP contribution is 2.36. The van der Waals surface area contributed by atoms with Gasteiger partial charge in [0.2, 0.25) is 0 Å². The topological polar surface area (TPSA) is 27.7 Å². The summed E-state index contributed by atoms with van der Waals surface area (Å²) in [6.45, 7) is 13.5. The zero-order chi connectivity index (χ0) is 15.9. The van der Waals surface area contributed by atoms with Gasteiger partial charge in [0.1, 0.15) is 0 Å². The van der Waals surface area contributed by atoms with Crippen LogP contribution in [-0.2, 0) is 13.9 Å². The monoisotopic (exact) mass is 378 g/mol. The summed E-state index contributed by atoms with van der Waals surface area (Å²) in [5.41, 5.74) is 1.25. The van der Waals surface area contributed by atoms with Crippen LogP contribution in [0.4, 0.5) is 0 Å². The first-order chi connectivity index (χ1) is 9.76. The molecule has 5 heteroatoms. The van der Waals surface area contributed by atoms with E-state index >= 15 is 0 Å². The van der Waals surface area contributed by atoms with Gasteiger partial charge in [-0.25, -0.2) is 0 Å². The van der Waals surface area contributed by atoms with Gasteiger partial charge >= 0.3 is 0 Å². The first-order valence-electron chi connectivity index (χ1n) is 7.87. The molecule has 124 valence electrons. The summed E-state index contributed by atoms with van der Waals surface area (Å²) in [6, 6.07) is 0. The second-order valence-electron chi connectivity index (χ2n) is 7.17. The van der Waals surface area contributed by atoms with E-state index in [4.69, 9.17) is 13.9 Å². The lowest BCUT2D eigenvalue weighted by atomic mass is 10.2. The molecule has 0 aliphatic carbocycles. The Labute approximate surface area is 139 Å². The largest absolute Gasteiger partial charge is 0.413 e. The average molecular weight is 379 g/mol. The number of hydrogen-bond acceptors (Lipinski definition) is 3. The predicted molar refractivity (Wildman–Crippen MR) is 94.6 cm³/mol. The summed E-state index contributed by atoms with van der Waals surface area (Å²) in [5, 5.41) is 1.08. The van der Waals surface area contributed by atoms with Crippen molar-refractivity contribution in [3.05, 3.63) is 11.6 Å². The maximum absolute atomic E-state index is 6.24.